The predicted octanol–water partition coefficient (Wildman–Crippen LogP) is -2.28. The minimum Gasteiger partial charge on any atom is -0.387 e. The number of aliphatic hydroxyl groups excluding tert-OH is 4. The SMILES string of the molecule is CC(C)COS(=O)(=O)OC[C@H]1OC(O)[C@H](O)[C@@H](O)[C@@H]1O. The van der Waals surface area contributed by atoms with E-state index in [1.165, 1.54) is 0 Å². The number of hydrogen-bond donors (Lipinski definition) is 4. The molecule has 9 nitrogen and oxygen atoms in total. The molecule has 0 aromatic rings. The van der Waals surface area contributed by atoms with E-state index in [1.807, 2.05) is 0 Å². The van der Waals surface area contributed by atoms with Gasteiger partial charge in [0.2, 0.25) is 0 Å². The quantitative estimate of drug-likeness (QED) is 0.426. The zero-order valence-corrected chi connectivity index (χ0v) is 11.9. The van der Waals surface area contributed by atoms with Gasteiger partial charge in [0.05, 0.1) is 13.2 Å². The third-order valence-corrected chi connectivity index (χ3v) is 3.46. The molecule has 0 aliphatic carbocycles. The van der Waals surface area contributed by atoms with Gasteiger partial charge in [-0.25, -0.2) is 8.37 Å². The van der Waals surface area contributed by atoms with Crippen LogP contribution in [-0.4, -0.2) is 72.8 Å². The summed E-state index contributed by atoms with van der Waals surface area (Å²) in [5.41, 5.74) is 0. The molecule has 0 aromatic heterocycles. The lowest BCUT2D eigenvalue weighted by Gasteiger charge is -2.37. The molecule has 1 rings (SSSR count). The molecule has 20 heavy (non-hydrogen) atoms. The van der Waals surface area contributed by atoms with E-state index in [1.54, 1.807) is 13.8 Å². The molecule has 1 fully saturated rings. The molecule has 4 N–H and O–H groups in total. The Bertz CT molecular complexity index is 396. The Morgan fingerprint density at radius 3 is 2.20 bits per heavy atom. The molecule has 0 saturated carbocycles. The van der Waals surface area contributed by atoms with Crippen LogP contribution in [0.5, 0.6) is 0 Å². The molecule has 1 saturated heterocycles. The van der Waals surface area contributed by atoms with Gasteiger partial charge < -0.3 is 25.2 Å². The van der Waals surface area contributed by atoms with E-state index in [-0.39, 0.29) is 12.5 Å². The molecule has 0 aromatic carbocycles. The van der Waals surface area contributed by atoms with Crippen molar-refractivity contribution >= 4 is 10.4 Å². The molecule has 1 aliphatic heterocycles. The predicted molar refractivity (Wildman–Crippen MR) is 64.6 cm³/mol. The summed E-state index contributed by atoms with van der Waals surface area (Å²) in [4.78, 5) is 0. The number of rotatable bonds is 6. The van der Waals surface area contributed by atoms with E-state index in [2.05, 4.69) is 8.37 Å². The first-order chi connectivity index (χ1) is 9.14. The van der Waals surface area contributed by atoms with Crippen molar-refractivity contribution in [1.82, 2.24) is 0 Å². The largest absolute Gasteiger partial charge is 0.399 e. The molecule has 0 spiro atoms. The normalized spacial score (nSPS) is 35.5. The number of aliphatic hydroxyl groups is 4. The molecule has 1 unspecified atom stereocenters. The topological polar surface area (TPSA) is 143 Å². The average molecular weight is 316 g/mol. The van der Waals surface area contributed by atoms with Gasteiger partial charge in [-0.05, 0) is 5.92 Å². The molecule has 1 heterocycles. The summed E-state index contributed by atoms with van der Waals surface area (Å²) in [7, 11) is -4.26. The van der Waals surface area contributed by atoms with Crippen molar-refractivity contribution in [2.75, 3.05) is 13.2 Å². The smallest absolute Gasteiger partial charge is 0.387 e. The number of hydrogen-bond acceptors (Lipinski definition) is 9. The van der Waals surface area contributed by atoms with Crippen LogP contribution in [0.3, 0.4) is 0 Å². The fourth-order valence-corrected chi connectivity index (χ4v) is 2.28. The molecular weight excluding hydrogens is 296 g/mol. The van der Waals surface area contributed by atoms with E-state index in [9.17, 15) is 28.8 Å². The highest BCUT2D eigenvalue weighted by Crippen LogP contribution is 2.20. The zero-order chi connectivity index (χ0) is 15.5. The Hall–Kier alpha value is -0.330. The first-order valence-corrected chi connectivity index (χ1v) is 7.39. The van der Waals surface area contributed by atoms with Crippen LogP contribution in [0.25, 0.3) is 0 Å². The summed E-state index contributed by atoms with van der Waals surface area (Å²) < 4.78 is 36.5. The highest BCUT2D eigenvalue weighted by molar-refractivity contribution is 7.81. The van der Waals surface area contributed by atoms with E-state index in [0.717, 1.165) is 0 Å². The van der Waals surface area contributed by atoms with Crippen LogP contribution in [0.15, 0.2) is 0 Å². The zero-order valence-electron chi connectivity index (χ0n) is 11.1. The fraction of sp³-hybridized carbons (Fsp3) is 1.00. The van der Waals surface area contributed by atoms with Crippen molar-refractivity contribution < 1.29 is 41.9 Å². The Kier molecular flexibility index (Phi) is 6.28. The van der Waals surface area contributed by atoms with Crippen LogP contribution in [0, 0.1) is 5.92 Å². The summed E-state index contributed by atoms with van der Waals surface area (Å²) in [6.45, 7) is 2.76. The Balaban J connectivity index is 2.52. The van der Waals surface area contributed by atoms with E-state index in [0.29, 0.717) is 0 Å². The van der Waals surface area contributed by atoms with E-state index < -0.39 is 47.7 Å². The lowest BCUT2D eigenvalue weighted by Crippen LogP contribution is -2.58. The Labute approximate surface area is 117 Å². The summed E-state index contributed by atoms with van der Waals surface area (Å²) in [5, 5.41) is 37.5. The third-order valence-electron chi connectivity index (χ3n) is 2.61. The number of ether oxygens (including phenoxy) is 1. The molecule has 120 valence electrons. The Morgan fingerprint density at radius 2 is 1.65 bits per heavy atom. The van der Waals surface area contributed by atoms with Crippen LogP contribution in [0.2, 0.25) is 0 Å². The van der Waals surface area contributed by atoms with Crippen molar-refractivity contribution in [3.05, 3.63) is 0 Å². The van der Waals surface area contributed by atoms with Crippen LogP contribution in [0.4, 0.5) is 0 Å². The monoisotopic (exact) mass is 316 g/mol. The first kappa shape index (κ1) is 17.7. The lowest BCUT2D eigenvalue weighted by atomic mass is 10.00. The molecule has 5 atom stereocenters. The van der Waals surface area contributed by atoms with Gasteiger partial charge >= 0.3 is 10.4 Å². The van der Waals surface area contributed by atoms with Crippen LogP contribution < -0.4 is 0 Å². The van der Waals surface area contributed by atoms with Crippen molar-refractivity contribution in [2.24, 2.45) is 5.92 Å². The Morgan fingerprint density at radius 1 is 1.05 bits per heavy atom. The summed E-state index contributed by atoms with van der Waals surface area (Å²) in [6, 6.07) is 0. The van der Waals surface area contributed by atoms with Gasteiger partial charge in [-0.1, -0.05) is 13.8 Å². The van der Waals surface area contributed by atoms with E-state index >= 15 is 0 Å². The highest BCUT2D eigenvalue weighted by atomic mass is 32.3. The second kappa shape index (κ2) is 7.09. The maximum Gasteiger partial charge on any atom is 0.399 e. The molecule has 10 heteroatoms. The highest BCUT2D eigenvalue weighted by Gasteiger charge is 2.43. The van der Waals surface area contributed by atoms with Crippen molar-refractivity contribution in [3.8, 4) is 0 Å². The van der Waals surface area contributed by atoms with Gasteiger partial charge in [0, 0.05) is 0 Å². The first-order valence-electron chi connectivity index (χ1n) is 6.05. The van der Waals surface area contributed by atoms with Crippen molar-refractivity contribution in [3.63, 3.8) is 0 Å². The van der Waals surface area contributed by atoms with Crippen LogP contribution in [-0.2, 0) is 23.5 Å². The van der Waals surface area contributed by atoms with Crippen molar-refractivity contribution in [1.29, 1.82) is 0 Å². The molecule has 1 aliphatic rings. The van der Waals surface area contributed by atoms with Crippen LogP contribution >= 0.6 is 0 Å². The second-order valence-corrected chi connectivity index (χ2v) is 6.20. The molecule has 0 amide bonds. The van der Waals surface area contributed by atoms with Gasteiger partial charge in [0.1, 0.15) is 24.4 Å². The molecule has 0 bridgehead atoms. The fourth-order valence-electron chi connectivity index (χ4n) is 1.47. The van der Waals surface area contributed by atoms with Gasteiger partial charge in [0.15, 0.2) is 6.29 Å². The molecular formula is C10H20O9S. The van der Waals surface area contributed by atoms with Gasteiger partial charge in [-0.15, -0.1) is 0 Å². The van der Waals surface area contributed by atoms with Crippen LogP contribution in [0.1, 0.15) is 13.8 Å². The lowest BCUT2D eigenvalue weighted by molar-refractivity contribution is -0.285. The standard InChI is InChI=1S/C10H20O9S/c1-5(2)3-17-20(15,16)18-4-6-7(11)8(12)9(13)10(14)19-6/h5-14H,3-4H2,1-2H3/t6-,7-,8+,9-,10?/m1/s1. The summed E-state index contributed by atoms with van der Waals surface area (Å²) in [5.74, 6) is -0.0244. The van der Waals surface area contributed by atoms with Crippen molar-refractivity contribution in [2.45, 2.75) is 44.6 Å². The van der Waals surface area contributed by atoms with Gasteiger partial charge in [-0.3, -0.25) is 0 Å². The summed E-state index contributed by atoms with van der Waals surface area (Å²) >= 11 is 0. The molecule has 0 radical (unpaired) electrons. The van der Waals surface area contributed by atoms with Gasteiger partial charge in [0.25, 0.3) is 0 Å². The third kappa shape index (κ3) is 4.90. The van der Waals surface area contributed by atoms with E-state index in [4.69, 9.17) is 4.74 Å². The van der Waals surface area contributed by atoms with Gasteiger partial charge in [-0.2, -0.15) is 8.42 Å². The average Bonchev–Trinajstić information content (AvgIpc) is 2.37. The second-order valence-electron chi connectivity index (χ2n) is 4.91. The minimum absolute atomic E-state index is 0.0244. The maximum atomic E-state index is 11.4. The summed E-state index contributed by atoms with van der Waals surface area (Å²) in [6.07, 6.45) is -8.03. The minimum atomic E-state index is -4.26. The maximum absolute atomic E-state index is 11.4.